The molecule has 29 heavy (non-hydrogen) atoms. The van der Waals surface area contributed by atoms with E-state index in [0.29, 0.717) is 19.5 Å². The summed E-state index contributed by atoms with van der Waals surface area (Å²) < 4.78 is 4.87. The molecule has 0 saturated carbocycles. The third kappa shape index (κ3) is 3.82. The third-order valence-corrected chi connectivity index (χ3v) is 7.05. The van der Waals surface area contributed by atoms with Crippen molar-refractivity contribution in [2.75, 3.05) is 5.75 Å². The van der Waals surface area contributed by atoms with Gasteiger partial charge in [-0.05, 0) is 49.3 Å². The second-order valence-corrected chi connectivity index (χ2v) is 9.42. The second kappa shape index (κ2) is 8.65. The van der Waals surface area contributed by atoms with Crippen molar-refractivity contribution in [2.45, 2.75) is 31.8 Å². The lowest BCUT2D eigenvalue weighted by Crippen LogP contribution is -2.21. The molecule has 148 valence electrons. The van der Waals surface area contributed by atoms with Gasteiger partial charge in [-0.3, -0.25) is 13.9 Å². The number of nitrogens with zero attached hydrogens (tertiary/aromatic N) is 3. The Morgan fingerprint density at radius 2 is 1.79 bits per heavy atom. The van der Waals surface area contributed by atoms with Crippen LogP contribution in [0.25, 0.3) is 21.7 Å². The van der Waals surface area contributed by atoms with Crippen LogP contribution in [-0.2, 0) is 0 Å². The van der Waals surface area contributed by atoms with Crippen molar-refractivity contribution in [1.29, 1.82) is 0 Å². The SMILES string of the molecule is CCCCSc1nc2c(sc(=S)n2-c2ccccc2C)c(=O)n1-c1ccccc1. The van der Waals surface area contributed by atoms with E-state index in [1.54, 1.807) is 16.3 Å². The summed E-state index contributed by atoms with van der Waals surface area (Å²) in [5.41, 5.74) is 3.47. The molecule has 0 N–H and O–H groups in total. The smallest absolute Gasteiger partial charge is 0.275 e. The molecule has 0 radical (unpaired) electrons. The molecule has 0 amide bonds. The summed E-state index contributed by atoms with van der Waals surface area (Å²) in [5.74, 6) is 0.913. The van der Waals surface area contributed by atoms with Gasteiger partial charge in [0, 0.05) is 5.75 Å². The zero-order valence-corrected chi connectivity index (χ0v) is 18.7. The highest BCUT2D eigenvalue weighted by molar-refractivity contribution is 7.99. The number of fused-ring (bicyclic) bond motifs is 1. The quantitative estimate of drug-likeness (QED) is 0.156. The molecule has 0 bridgehead atoms. The summed E-state index contributed by atoms with van der Waals surface area (Å²) in [4.78, 5) is 18.5. The minimum Gasteiger partial charge on any atom is -0.275 e. The molecule has 4 aromatic rings. The van der Waals surface area contributed by atoms with Crippen molar-refractivity contribution in [2.24, 2.45) is 0 Å². The topological polar surface area (TPSA) is 39.8 Å². The number of aryl methyl sites for hydroxylation is 1. The van der Waals surface area contributed by atoms with Crippen LogP contribution in [0, 0.1) is 10.9 Å². The van der Waals surface area contributed by atoms with E-state index < -0.39 is 0 Å². The fourth-order valence-electron chi connectivity index (χ4n) is 3.17. The van der Waals surface area contributed by atoms with E-state index in [4.69, 9.17) is 17.2 Å². The number of thiazole rings is 1. The normalized spacial score (nSPS) is 11.2. The minimum absolute atomic E-state index is 0.0661. The lowest BCUT2D eigenvalue weighted by atomic mass is 10.2. The first-order chi connectivity index (χ1) is 14.1. The number of hydrogen-bond acceptors (Lipinski definition) is 5. The molecule has 0 unspecified atom stereocenters. The van der Waals surface area contributed by atoms with Crippen LogP contribution in [0.3, 0.4) is 0 Å². The highest BCUT2D eigenvalue weighted by atomic mass is 32.2. The molecule has 0 aliphatic heterocycles. The number of benzene rings is 2. The van der Waals surface area contributed by atoms with Gasteiger partial charge in [-0.15, -0.1) is 0 Å². The first kappa shape index (κ1) is 20.1. The number of para-hydroxylation sites is 2. The maximum Gasteiger partial charge on any atom is 0.278 e. The van der Waals surface area contributed by atoms with Gasteiger partial charge in [0.2, 0.25) is 0 Å². The van der Waals surface area contributed by atoms with Gasteiger partial charge >= 0.3 is 0 Å². The molecule has 2 aromatic carbocycles. The van der Waals surface area contributed by atoms with Crippen molar-refractivity contribution in [3.8, 4) is 11.4 Å². The van der Waals surface area contributed by atoms with Gasteiger partial charge in [0.25, 0.3) is 5.56 Å². The predicted octanol–water partition coefficient (Wildman–Crippen LogP) is 6.17. The summed E-state index contributed by atoms with van der Waals surface area (Å²) in [6, 6.07) is 17.7. The Kier molecular flexibility index (Phi) is 5.99. The summed E-state index contributed by atoms with van der Waals surface area (Å²) >= 11 is 8.60. The average molecular weight is 440 g/mol. The molecule has 0 fully saturated rings. The third-order valence-electron chi connectivity index (χ3n) is 4.68. The summed E-state index contributed by atoms with van der Waals surface area (Å²) in [7, 11) is 0. The van der Waals surface area contributed by atoms with Gasteiger partial charge in [0.05, 0.1) is 11.4 Å². The molecule has 0 aliphatic carbocycles. The number of thioether (sulfide) groups is 1. The maximum atomic E-state index is 13.5. The molecule has 7 heteroatoms. The fraction of sp³-hybridized carbons (Fsp3) is 0.227. The Labute approximate surface area is 182 Å². The lowest BCUT2D eigenvalue weighted by Gasteiger charge is -2.13. The Morgan fingerprint density at radius 1 is 1.07 bits per heavy atom. The van der Waals surface area contributed by atoms with Gasteiger partial charge in [-0.2, -0.15) is 0 Å². The summed E-state index contributed by atoms with van der Waals surface area (Å²) in [5, 5.41) is 0.706. The molecular formula is C22H21N3OS3. The van der Waals surface area contributed by atoms with Gasteiger partial charge in [-0.1, -0.05) is 72.8 Å². The van der Waals surface area contributed by atoms with Crippen molar-refractivity contribution in [3.63, 3.8) is 0 Å². The van der Waals surface area contributed by atoms with Gasteiger partial charge in [-0.25, -0.2) is 4.98 Å². The van der Waals surface area contributed by atoms with Crippen LogP contribution in [0.1, 0.15) is 25.3 Å². The van der Waals surface area contributed by atoms with E-state index in [0.717, 1.165) is 35.5 Å². The number of rotatable bonds is 6. The maximum absolute atomic E-state index is 13.5. The van der Waals surface area contributed by atoms with Crippen molar-refractivity contribution in [3.05, 3.63) is 74.5 Å². The van der Waals surface area contributed by atoms with E-state index in [9.17, 15) is 4.79 Å². The van der Waals surface area contributed by atoms with E-state index in [1.807, 2.05) is 66.1 Å². The lowest BCUT2D eigenvalue weighted by molar-refractivity contribution is 0.807. The monoisotopic (exact) mass is 439 g/mol. The zero-order chi connectivity index (χ0) is 20.4. The van der Waals surface area contributed by atoms with Gasteiger partial charge in [0.15, 0.2) is 14.8 Å². The molecule has 4 nitrogen and oxygen atoms in total. The molecule has 2 aromatic heterocycles. The van der Waals surface area contributed by atoms with Crippen LogP contribution in [0.2, 0.25) is 0 Å². The van der Waals surface area contributed by atoms with Crippen molar-refractivity contribution >= 4 is 45.7 Å². The highest BCUT2D eigenvalue weighted by Gasteiger charge is 2.19. The Balaban J connectivity index is 2.01. The Morgan fingerprint density at radius 3 is 2.52 bits per heavy atom. The van der Waals surface area contributed by atoms with E-state index in [1.165, 1.54) is 11.3 Å². The predicted molar refractivity (Wildman–Crippen MR) is 126 cm³/mol. The highest BCUT2D eigenvalue weighted by Crippen LogP contribution is 2.28. The zero-order valence-electron chi connectivity index (χ0n) is 16.3. The molecular weight excluding hydrogens is 418 g/mol. The summed E-state index contributed by atoms with van der Waals surface area (Å²) in [6.07, 6.45) is 2.17. The van der Waals surface area contributed by atoms with Crippen LogP contribution < -0.4 is 5.56 Å². The minimum atomic E-state index is -0.0661. The second-order valence-electron chi connectivity index (χ2n) is 6.72. The number of unbranched alkanes of at least 4 members (excludes halogenated alkanes) is 1. The Hall–Kier alpha value is -2.22. The van der Waals surface area contributed by atoms with Gasteiger partial charge < -0.3 is 0 Å². The molecule has 0 saturated heterocycles. The van der Waals surface area contributed by atoms with Crippen LogP contribution in [0.4, 0.5) is 0 Å². The van der Waals surface area contributed by atoms with Crippen LogP contribution in [0.15, 0.2) is 64.5 Å². The molecule has 0 spiro atoms. The first-order valence-corrected chi connectivity index (χ1v) is 11.8. The molecule has 0 atom stereocenters. The van der Waals surface area contributed by atoms with Crippen LogP contribution in [-0.4, -0.2) is 19.9 Å². The van der Waals surface area contributed by atoms with Crippen molar-refractivity contribution < 1.29 is 0 Å². The molecule has 4 rings (SSSR count). The summed E-state index contributed by atoms with van der Waals surface area (Å²) in [6.45, 7) is 4.21. The van der Waals surface area contributed by atoms with Gasteiger partial charge in [0.1, 0.15) is 4.70 Å². The number of hydrogen-bond donors (Lipinski definition) is 0. The Bertz CT molecular complexity index is 1270. The number of aromatic nitrogens is 3. The largest absolute Gasteiger partial charge is 0.278 e. The van der Waals surface area contributed by atoms with E-state index >= 15 is 0 Å². The molecule has 0 aliphatic rings. The van der Waals surface area contributed by atoms with Crippen LogP contribution >= 0.6 is 35.3 Å². The van der Waals surface area contributed by atoms with E-state index in [2.05, 4.69) is 6.92 Å². The average Bonchev–Trinajstić information content (AvgIpc) is 3.06. The first-order valence-electron chi connectivity index (χ1n) is 9.54. The van der Waals surface area contributed by atoms with Crippen molar-refractivity contribution in [1.82, 2.24) is 14.1 Å². The van der Waals surface area contributed by atoms with E-state index in [-0.39, 0.29) is 5.56 Å². The fourth-order valence-corrected chi connectivity index (χ4v) is 5.55. The van der Waals surface area contributed by atoms with Crippen LogP contribution in [0.5, 0.6) is 0 Å². The standard InChI is InChI=1S/C22H21N3OS3/c1-3-4-14-28-21-23-19-18(20(26)24(21)16-11-6-5-7-12-16)29-22(27)25(19)17-13-9-8-10-15(17)2/h5-13H,3-4,14H2,1-2H3. The molecule has 2 heterocycles.